The Kier molecular flexibility index (Phi) is 4.63. The van der Waals surface area contributed by atoms with E-state index in [1.165, 1.54) is 4.68 Å². The van der Waals surface area contributed by atoms with Gasteiger partial charge in [0.05, 0.1) is 18.4 Å². The van der Waals surface area contributed by atoms with Crippen molar-refractivity contribution < 1.29 is 4.79 Å². The number of pyridine rings is 1. The van der Waals surface area contributed by atoms with Gasteiger partial charge in [-0.1, -0.05) is 22.9 Å². The van der Waals surface area contributed by atoms with Crippen LogP contribution in [0, 0.1) is 0 Å². The van der Waals surface area contributed by atoms with E-state index in [0.29, 0.717) is 11.6 Å². The largest absolute Gasteiger partial charge is 0.305 e. The van der Waals surface area contributed by atoms with Crippen LogP contribution in [0.1, 0.15) is 5.69 Å². The van der Waals surface area contributed by atoms with Crippen LogP contribution in [0.15, 0.2) is 61.1 Å². The van der Waals surface area contributed by atoms with Gasteiger partial charge in [-0.3, -0.25) is 9.78 Å². The van der Waals surface area contributed by atoms with E-state index in [9.17, 15) is 4.79 Å². The van der Waals surface area contributed by atoms with Gasteiger partial charge in [0.15, 0.2) is 0 Å². The molecule has 0 aliphatic carbocycles. The Morgan fingerprint density at radius 1 is 1.13 bits per heavy atom. The number of amides is 1. The summed E-state index contributed by atoms with van der Waals surface area (Å²) in [6.07, 6.45) is 4.90. The van der Waals surface area contributed by atoms with Gasteiger partial charge in [-0.05, 0) is 36.4 Å². The number of benzene rings is 1. The first-order valence-corrected chi connectivity index (χ1v) is 7.40. The normalized spacial score (nSPS) is 10.5. The number of nitrogens with zero attached hydrogens (tertiary/aromatic N) is 5. The second kappa shape index (κ2) is 7.02. The first kappa shape index (κ1) is 15.2. The molecular weight excluding hydrogens is 314 g/mol. The van der Waals surface area contributed by atoms with Crippen LogP contribution in [0.3, 0.4) is 0 Å². The molecule has 0 aliphatic rings. The van der Waals surface area contributed by atoms with Gasteiger partial charge in [0.2, 0.25) is 5.91 Å². The fourth-order valence-corrected chi connectivity index (χ4v) is 2.27. The average molecular weight is 328 g/mol. The summed E-state index contributed by atoms with van der Waals surface area (Å²) in [5, 5.41) is 8.17. The predicted octanol–water partition coefficient (Wildman–Crippen LogP) is 2.56. The summed E-state index contributed by atoms with van der Waals surface area (Å²) in [5.41, 5.74) is 1.56. The molecule has 0 N–H and O–H groups in total. The van der Waals surface area contributed by atoms with Gasteiger partial charge in [0, 0.05) is 23.1 Å². The highest BCUT2D eigenvalue weighted by Gasteiger charge is 2.17. The third-order valence-corrected chi connectivity index (χ3v) is 3.51. The van der Waals surface area contributed by atoms with Crippen molar-refractivity contribution in [1.29, 1.82) is 0 Å². The molecular formula is C16H14ClN5O. The lowest BCUT2D eigenvalue weighted by atomic mass is 10.2. The third kappa shape index (κ3) is 3.92. The molecule has 0 unspecified atom stereocenters. The van der Waals surface area contributed by atoms with Gasteiger partial charge in [-0.15, -0.1) is 5.10 Å². The highest BCUT2D eigenvalue weighted by molar-refractivity contribution is 6.30. The van der Waals surface area contributed by atoms with Crippen molar-refractivity contribution in [2.45, 2.75) is 13.1 Å². The van der Waals surface area contributed by atoms with Gasteiger partial charge in [-0.2, -0.15) is 0 Å². The van der Waals surface area contributed by atoms with Crippen molar-refractivity contribution in [3.05, 3.63) is 71.8 Å². The van der Waals surface area contributed by atoms with Crippen LogP contribution in [-0.4, -0.2) is 25.9 Å². The zero-order valence-corrected chi connectivity index (χ0v) is 13.0. The molecule has 0 saturated carbocycles. The Hall–Kier alpha value is -2.73. The summed E-state index contributed by atoms with van der Waals surface area (Å²) in [4.78, 5) is 18.6. The number of hydrogen-bond donors (Lipinski definition) is 0. The highest BCUT2D eigenvalue weighted by Crippen LogP contribution is 2.20. The van der Waals surface area contributed by atoms with Gasteiger partial charge in [0.25, 0.3) is 0 Å². The Labute approximate surface area is 138 Å². The van der Waals surface area contributed by atoms with Gasteiger partial charge in [0.1, 0.15) is 6.54 Å². The van der Waals surface area contributed by atoms with Crippen molar-refractivity contribution in [1.82, 2.24) is 20.0 Å². The zero-order valence-electron chi connectivity index (χ0n) is 12.2. The molecule has 7 heteroatoms. The van der Waals surface area contributed by atoms with E-state index in [-0.39, 0.29) is 12.5 Å². The van der Waals surface area contributed by atoms with Crippen LogP contribution in [0.5, 0.6) is 0 Å². The molecule has 0 radical (unpaired) electrons. The first-order valence-electron chi connectivity index (χ1n) is 7.02. The fourth-order valence-electron chi connectivity index (χ4n) is 2.14. The second-order valence-corrected chi connectivity index (χ2v) is 5.31. The molecule has 3 rings (SSSR count). The van der Waals surface area contributed by atoms with Crippen LogP contribution in [0.25, 0.3) is 0 Å². The van der Waals surface area contributed by atoms with Crippen molar-refractivity contribution in [3.63, 3.8) is 0 Å². The Morgan fingerprint density at radius 3 is 2.61 bits per heavy atom. The Bertz CT molecular complexity index is 759. The smallest absolute Gasteiger partial charge is 0.249 e. The van der Waals surface area contributed by atoms with Crippen LogP contribution in [0.2, 0.25) is 5.02 Å². The zero-order chi connectivity index (χ0) is 16.1. The van der Waals surface area contributed by atoms with Gasteiger partial charge < -0.3 is 4.90 Å². The molecule has 2 heterocycles. The van der Waals surface area contributed by atoms with Gasteiger partial charge in [-0.25, -0.2) is 4.68 Å². The molecule has 1 aromatic carbocycles. The average Bonchev–Trinajstić information content (AvgIpc) is 3.07. The van der Waals surface area contributed by atoms with Crippen molar-refractivity contribution in [2.24, 2.45) is 0 Å². The second-order valence-electron chi connectivity index (χ2n) is 4.88. The van der Waals surface area contributed by atoms with E-state index in [1.54, 1.807) is 35.6 Å². The minimum absolute atomic E-state index is 0.107. The molecule has 23 heavy (non-hydrogen) atoms. The van der Waals surface area contributed by atoms with Crippen LogP contribution in [0.4, 0.5) is 5.69 Å². The molecule has 0 aliphatic heterocycles. The van der Waals surface area contributed by atoms with Crippen molar-refractivity contribution >= 4 is 23.2 Å². The molecule has 2 aromatic heterocycles. The number of hydrogen-bond acceptors (Lipinski definition) is 4. The topological polar surface area (TPSA) is 63.9 Å². The summed E-state index contributed by atoms with van der Waals surface area (Å²) >= 11 is 5.93. The minimum Gasteiger partial charge on any atom is -0.305 e. The molecule has 0 saturated heterocycles. The number of carbonyl (C=O) groups is 1. The van der Waals surface area contributed by atoms with E-state index in [2.05, 4.69) is 15.3 Å². The van der Waals surface area contributed by atoms with Crippen molar-refractivity contribution in [2.75, 3.05) is 4.90 Å². The summed E-state index contributed by atoms with van der Waals surface area (Å²) in [6.45, 7) is 0.478. The van der Waals surface area contributed by atoms with Gasteiger partial charge >= 0.3 is 0 Å². The van der Waals surface area contributed by atoms with E-state index >= 15 is 0 Å². The lowest BCUT2D eigenvalue weighted by Crippen LogP contribution is -2.33. The number of anilines is 1. The molecule has 116 valence electrons. The van der Waals surface area contributed by atoms with Crippen LogP contribution in [-0.2, 0) is 17.9 Å². The summed E-state index contributed by atoms with van der Waals surface area (Å²) in [7, 11) is 0. The van der Waals surface area contributed by atoms with Crippen molar-refractivity contribution in [3.8, 4) is 0 Å². The molecule has 0 spiro atoms. The quantitative estimate of drug-likeness (QED) is 0.722. The highest BCUT2D eigenvalue weighted by atomic mass is 35.5. The molecule has 6 nitrogen and oxygen atoms in total. The fraction of sp³-hybridized carbons (Fsp3) is 0.125. The standard InChI is InChI=1S/C16H14ClN5O/c17-13-4-6-15(7-5-13)22(11-14-3-1-2-8-18-14)16(23)12-21-10-9-19-20-21/h1-10H,11-12H2. The predicted molar refractivity (Wildman–Crippen MR) is 86.9 cm³/mol. The number of carbonyl (C=O) groups excluding carboxylic acids is 1. The third-order valence-electron chi connectivity index (χ3n) is 3.25. The lowest BCUT2D eigenvalue weighted by molar-refractivity contribution is -0.119. The molecule has 1 amide bonds. The number of rotatable bonds is 5. The molecule has 3 aromatic rings. The summed E-state index contributed by atoms with van der Waals surface area (Å²) < 4.78 is 1.49. The minimum atomic E-state index is -0.108. The van der Waals surface area contributed by atoms with Crippen LogP contribution >= 0.6 is 11.6 Å². The van der Waals surface area contributed by atoms with E-state index < -0.39 is 0 Å². The number of halogens is 1. The monoisotopic (exact) mass is 327 g/mol. The maximum Gasteiger partial charge on any atom is 0.249 e. The molecule has 0 atom stereocenters. The Balaban J connectivity index is 1.86. The molecule has 0 bridgehead atoms. The van der Waals surface area contributed by atoms with E-state index in [0.717, 1.165) is 11.4 Å². The van der Waals surface area contributed by atoms with E-state index in [1.807, 2.05) is 30.3 Å². The summed E-state index contributed by atoms with van der Waals surface area (Å²) in [5.74, 6) is -0.108. The lowest BCUT2D eigenvalue weighted by Gasteiger charge is -2.22. The molecule has 0 fully saturated rings. The maximum absolute atomic E-state index is 12.7. The summed E-state index contributed by atoms with van der Waals surface area (Å²) in [6, 6.07) is 12.7. The first-order chi connectivity index (χ1) is 11.2. The Morgan fingerprint density at radius 2 is 1.96 bits per heavy atom. The maximum atomic E-state index is 12.7. The number of aromatic nitrogens is 4. The van der Waals surface area contributed by atoms with Crippen LogP contribution < -0.4 is 4.90 Å². The SMILES string of the molecule is O=C(Cn1ccnn1)N(Cc1ccccn1)c1ccc(Cl)cc1. The van der Waals surface area contributed by atoms with E-state index in [4.69, 9.17) is 11.6 Å².